The Bertz CT molecular complexity index is 366. The highest BCUT2D eigenvalue weighted by atomic mass is 35.5. The third kappa shape index (κ3) is 4.12. The zero-order valence-corrected chi connectivity index (χ0v) is 11.3. The van der Waals surface area contributed by atoms with Crippen LogP contribution in [0.3, 0.4) is 0 Å². The van der Waals surface area contributed by atoms with Gasteiger partial charge in [0.1, 0.15) is 0 Å². The molecule has 0 spiro atoms. The summed E-state index contributed by atoms with van der Waals surface area (Å²) in [6, 6.07) is -0.307. The first-order valence-electron chi connectivity index (χ1n) is 5.81. The van der Waals surface area contributed by atoms with Crippen LogP contribution in [0.2, 0.25) is 0 Å². The number of carbonyl (C=O) groups excluding carboxylic acids is 1. The Balaban J connectivity index is 0.00000144. The summed E-state index contributed by atoms with van der Waals surface area (Å²) >= 11 is 0. The summed E-state index contributed by atoms with van der Waals surface area (Å²) < 4.78 is 22.8. The summed E-state index contributed by atoms with van der Waals surface area (Å²) in [5.41, 5.74) is 0. The second-order valence-corrected chi connectivity index (χ2v) is 6.84. The van der Waals surface area contributed by atoms with E-state index >= 15 is 0 Å². The molecular weight excluding hydrogens is 264 g/mol. The fraction of sp³-hybridized carbons (Fsp3) is 0.900. The van der Waals surface area contributed by atoms with Gasteiger partial charge in [-0.15, -0.1) is 12.4 Å². The SMILES string of the molecule is Cl.O=C(NC1CCCS(=O)(=O)C1)[C@@H]1CCCN1. The van der Waals surface area contributed by atoms with Crippen LogP contribution in [0.15, 0.2) is 0 Å². The summed E-state index contributed by atoms with van der Waals surface area (Å²) in [6.45, 7) is 0.876. The van der Waals surface area contributed by atoms with Crippen LogP contribution in [-0.2, 0) is 14.6 Å². The molecule has 0 radical (unpaired) electrons. The summed E-state index contributed by atoms with van der Waals surface area (Å²) in [5.74, 6) is 0.326. The Labute approximate surface area is 108 Å². The molecule has 7 heteroatoms. The van der Waals surface area contributed by atoms with Gasteiger partial charge >= 0.3 is 0 Å². The average molecular weight is 283 g/mol. The molecule has 0 aromatic heterocycles. The number of sulfone groups is 1. The highest BCUT2D eigenvalue weighted by Crippen LogP contribution is 2.13. The first-order valence-corrected chi connectivity index (χ1v) is 7.63. The topological polar surface area (TPSA) is 75.3 Å². The van der Waals surface area contributed by atoms with Crippen molar-refractivity contribution in [1.29, 1.82) is 0 Å². The summed E-state index contributed by atoms with van der Waals surface area (Å²) in [6.07, 6.45) is 3.30. The van der Waals surface area contributed by atoms with E-state index in [2.05, 4.69) is 10.6 Å². The van der Waals surface area contributed by atoms with E-state index < -0.39 is 9.84 Å². The van der Waals surface area contributed by atoms with E-state index in [1.54, 1.807) is 0 Å². The molecule has 0 bridgehead atoms. The number of hydrogen-bond acceptors (Lipinski definition) is 4. The van der Waals surface area contributed by atoms with Crippen LogP contribution in [0, 0.1) is 0 Å². The lowest BCUT2D eigenvalue weighted by Gasteiger charge is -2.24. The molecule has 2 aliphatic heterocycles. The van der Waals surface area contributed by atoms with Gasteiger partial charge in [0.05, 0.1) is 17.5 Å². The highest BCUT2D eigenvalue weighted by Gasteiger charge is 2.29. The van der Waals surface area contributed by atoms with Crippen LogP contribution < -0.4 is 10.6 Å². The fourth-order valence-electron chi connectivity index (χ4n) is 2.35. The number of hydrogen-bond donors (Lipinski definition) is 2. The molecular formula is C10H19ClN2O3S. The van der Waals surface area contributed by atoms with Gasteiger partial charge in [0.15, 0.2) is 9.84 Å². The molecule has 0 saturated carbocycles. The Morgan fingerprint density at radius 1 is 1.24 bits per heavy atom. The van der Waals surface area contributed by atoms with E-state index in [0.717, 1.165) is 25.8 Å². The van der Waals surface area contributed by atoms with Gasteiger partial charge in [-0.3, -0.25) is 4.79 Å². The van der Waals surface area contributed by atoms with Crippen molar-refractivity contribution in [1.82, 2.24) is 10.6 Å². The van der Waals surface area contributed by atoms with Gasteiger partial charge in [-0.1, -0.05) is 0 Å². The second-order valence-electron chi connectivity index (χ2n) is 4.61. The van der Waals surface area contributed by atoms with Gasteiger partial charge in [-0.05, 0) is 32.2 Å². The molecule has 0 aromatic carbocycles. The van der Waals surface area contributed by atoms with Crippen molar-refractivity contribution in [3.05, 3.63) is 0 Å². The van der Waals surface area contributed by atoms with Crippen LogP contribution in [-0.4, -0.2) is 44.5 Å². The molecule has 0 aromatic rings. The Hall–Kier alpha value is -0.330. The quantitative estimate of drug-likeness (QED) is 0.739. The number of halogens is 1. The van der Waals surface area contributed by atoms with Crippen molar-refractivity contribution in [2.24, 2.45) is 0 Å². The predicted molar refractivity (Wildman–Crippen MR) is 68.1 cm³/mol. The van der Waals surface area contributed by atoms with Crippen molar-refractivity contribution < 1.29 is 13.2 Å². The molecule has 2 fully saturated rings. The molecule has 100 valence electrons. The largest absolute Gasteiger partial charge is 0.351 e. The van der Waals surface area contributed by atoms with E-state index in [4.69, 9.17) is 0 Å². The van der Waals surface area contributed by atoms with E-state index in [0.29, 0.717) is 6.42 Å². The third-order valence-electron chi connectivity index (χ3n) is 3.19. The maximum atomic E-state index is 11.8. The fourth-order valence-corrected chi connectivity index (χ4v) is 3.98. The van der Waals surface area contributed by atoms with Gasteiger partial charge < -0.3 is 10.6 Å². The maximum Gasteiger partial charge on any atom is 0.237 e. The molecule has 2 N–H and O–H groups in total. The van der Waals surface area contributed by atoms with Crippen molar-refractivity contribution in [2.75, 3.05) is 18.1 Å². The zero-order chi connectivity index (χ0) is 11.6. The number of amides is 1. The molecule has 2 rings (SSSR count). The highest BCUT2D eigenvalue weighted by molar-refractivity contribution is 7.91. The van der Waals surface area contributed by atoms with Gasteiger partial charge in [0, 0.05) is 6.04 Å². The van der Waals surface area contributed by atoms with Crippen LogP contribution in [0.4, 0.5) is 0 Å². The van der Waals surface area contributed by atoms with Gasteiger partial charge in [-0.25, -0.2) is 8.42 Å². The molecule has 2 heterocycles. The van der Waals surface area contributed by atoms with Gasteiger partial charge in [0.2, 0.25) is 5.91 Å². The van der Waals surface area contributed by atoms with Crippen molar-refractivity contribution >= 4 is 28.2 Å². The Morgan fingerprint density at radius 2 is 2.00 bits per heavy atom. The molecule has 17 heavy (non-hydrogen) atoms. The van der Waals surface area contributed by atoms with E-state index in [1.165, 1.54) is 0 Å². The normalized spacial score (nSPS) is 31.5. The molecule has 2 atom stereocenters. The molecule has 5 nitrogen and oxygen atoms in total. The van der Waals surface area contributed by atoms with Gasteiger partial charge in [0.25, 0.3) is 0 Å². The van der Waals surface area contributed by atoms with E-state index in [9.17, 15) is 13.2 Å². The maximum absolute atomic E-state index is 11.8. The van der Waals surface area contributed by atoms with Crippen molar-refractivity contribution in [3.63, 3.8) is 0 Å². The van der Waals surface area contributed by atoms with Crippen molar-refractivity contribution in [3.8, 4) is 0 Å². The number of carbonyl (C=O) groups is 1. The minimum absolute atomic E-state index is 0. The predicted octanol–water partition coefficient (Wildman–Crippen LogP) is -0.146. The number of nitrogens with one attached hydrogen (secondary N) is 2. The first-order chi connectivity index (χ1) is 7.57. The zero-order valence-electron chi connectivity index (χ0n) is 9.65. The lowest BCUT2D eigenvalue weighted by atomic mass is 10.1. The third-order valence-corrected chi connectivity index (χ3v) is 5.01. The molecule has 2 saturated heterocycles. The number of rotatable bonds is 2. The molecule has 0 aliphatic carbocycles. The minimum Gasteiger partial charge on any atom is -0.351 e. The second kappa shape index (κ2) is 6.02. The smallest absolute Gasteiger partial charge is 0.237 e. The monoisotopic (exact) mass is 282 g/mol. The minimum atomic E-state index is -2.94. The van der Waals surface area contributed by atoms with E-state index in [1.807, 2.05) is 0 Å². The Kier molecular flexibility index (Phi) is 5.22. The molecule has 1 amide bonds. The lowest BCUT2D eigenvalue weighted by molar-refractivity contribution is -0.123. The average Bonchev–Trinajstić information content (AvgIpc) is 2.68. The van der Waals surface area contributed by atoms with Crippen LogP contribution in [0.1, 0.15) is 25.7 Å². The summed E-state index contributed by atoms with van der Waals surface area (Å²) in [4.78, 5) is 11.8. The Morgan fingerprint density at radius 3 is 2.59 bits per heavy atom. The molecule has 1 unspecified atom stereocenters. The van der Waals surface area contributed by atoms with Crippen LogP contribution in [0.5, 0.6) is 0 Å². The molecule has 2 aliphatic rings. The summed E-state index contributed by atoms with van der Waals surface area (Å²) in [7, 11) is -2.94. The van der Waals surface area contributed by atoms with Crippen LogP contribution >= 0.6 is 12.4 Å². The standard InChI is InChI=1S/C10H18N2O3S.ClH/c13-10(9-4-1-5-11-9)12-8-3-2-6-16(14,15)7-8;/h8-9,11H,1-7H2,(H,12,13);1H/t8?,9-;/m0./s1. The van der Waals surface area contributed by atoms with Crippen LogP contribution in [0.25, 0.3) is 0 Å². The lowest BCUT2D eigenvalue weighted by Crippen LogP contribution is -2.49. The van der Waals surface area contributed by atoms with Gasteiger partial charge in [-0.2, -0.15) is 0 Å². The summed E-state index contributed by atoms with van der Waals surface area (Å²) in [5, 5.41) is 5.94. The van der Waals surface area contributed by atoms with Crippen molar-refractivity contribution in [2.45, 2.75) is 37.8 Å². The van der Waals surface area contributed by atoms with E-state index in [-0.39, 0.29) is 41.9 Å². The first kappa shape index (κ1) is 14.7.